The first kappa shape index (κ1) is 48.3. The molecule has 0 radical (unpaired) electrons. The molecule has 0 spiro atoms. The highest BCUT2D eigenvalue weighted by Gasteiger charge is 2.40. The molecule has 3 aliphatic rings. The highest BCUT2D eigenvalue weighted by Crippen LogP contribution is 2.55. The van der Waals surface area contributed by atoms with Gasteiger partial charge in [0.1, 0.15) is 0 Å². The molecule has 0 bridgehead atoms. The fourth-order valence-electron chi connectivity index (χ4n) is 12.7. The number of hydrogen-bond donors (Lipinski definition) is 0. The number of rotatable bonds is 9. The lowest BCUT2D eigenvalue weighted by Gasteiger charge is -2.42. The molecule has 6 nitrogen and oxygen atoms in total. The maximum Gasteiger partial charge on any atom is 0.193 e. The zero-order valence-corrected chi connectivity index (χ0v) is 44.6. The van der Waals surface area contributed by atoms with Gasteiger partial charge < -0.3 is 14.7 Å². The van der Waals surface area contributed by atoms with Crippen LogP contribution in [0.2, 0.25) is 0 Å². The molecule has 3 heterocycles. The fourth-order valence-corrected chi connectivity index (χ4v) is 12.7. The van der Waals surface area contributed by atoms with Crippen molar-refractivity contribution in [2.75, 3.05) is 14.7 Å². The normalized spacial score (nSPS) is 14.9. The van der Waals surface area contributed by atoms with Gasteiger partial charge in [-0.05, 0) is 124 Å². The molecule has 78 heavy (non-hydrogen) atoms. The Morgan fingerprint density at radius 2 is 0.449 bits per heavy atom. The Labute approximate surface area is 456 Å². The second-order valence-electron chi connectivity index (χ2n) is 22.4. The topological polar surface area (TPSA) is 60.9 Å². The van der Waals surface area contributed by atoms with Crippen LogP contribution in [0, 0.1) is 0 Å². The summed E-state index contributed by atoms with van der Waals surface area (Å²) in [4.78, 5) is 52.7. The van der Waals surface area contributed by atoms with Gasteiger partial charge in [0.05, 0.1) is 34.1 Å². The maximum absolute atomic E-state index is 15.3. The summed E-state index contributed by atoms with van der Waals surface area (Å²) in [5.41, 5.74) is 17.0. The Morgan fingerprint density at radius 3 is 0.667 bits per heavy atom. The van der Waals surface area contributed by atoms with E-state index in [-0.39, 0.29) is 50.3 Å². The van der Waals surface area contributed by atoms with Crippen molar-refractivity contribution in [3.05, 3.63) is 303 Å². The number of nitrogens with zero attached hydrogens (tertiary/aromatic N) is 3. The quantitative estimate of drug-likeness (QED) is 0.134. The summed E-state index contributed by atoms with van der Waals surface area (Å²) in [5, 5.41) is 0. The van der Waals surface area contributed by atoms with Gasteiger partial charge in [-0.25, -0.2) is 0 Å². The molecule has 10 aromatic carbocycles. The molecule has 13 rings (SSSR count). The monoisotopic (exact) mass is 1010 g/mol. The van der Waals surface area contributed by atoms with E-state index in [0.29, 0.717) is 16.7 Å². The van der Waals surface area contributed by atoms with Crippen molar-refractivity contribution in [1.82, 2.24) is 0 Å². The van der Waals surface area contributed by atoms with Crippen molar-refractivity contribution in [3.8, 4) is 0 Å². The van der Waals surface area contributed by atoms with Crippen molar-refractivity contribution < 1.29 is 14.4 Å². The van der Waals surface area contributed by atoms with Crippen LogP contribution in [0.15, 0.2) is 237 Å². The van der Waals surface area contributed by atoms with Gasteiger partial charge >= 0.3 is 0 Å². The number of benzene rings is 10. The van der Waals surface area contributed by atoms with Gasteiger partial charge in [0.2, 0.25) is 0 Å². The van der Waals surface area contributed by atoms with Gasteiger partial charge in [0.25, 0.3) is 0 Å². The molecular weight excluding hydrogens is 955 g/mol. The van der Waals surface area contributed by atoms with E-state index in [9.17, 15) is 0 Å². The van der Waals surface area contributed by atoms with Crippen LogP contribution in [0.4, 0.5) is 51.2 Å². The highest BCUT2D eigenvalue weighted by molar-refractivity contribution is 6.18. The van der Waals surface area contributed by atoms with Gasteiger partial charge in [-0.2, -0.15) is 0 Å². The molecule has 0 unspecified atom stereocenters. The molecule has 6 heteroatoms. The van der Waals surface area contributed by atoms with E-state index in [2.05, 4.69) is 165 Å². The first-order valence-electron chi connectivity index (χ1n) is 26.8. The van der Waals surface area contributed by atoms with Crippen LogP contribution in [-0.4, -0.2) is 17.3 Å². The van der Waals surface area contributed by atoms with Crippen molar-refractivity contribution in [3.63, 3.8) is 0 Å². The molecule has 0 aliphatic carbocycles. The van der Waals surface area contributed by atoms with E-state index < -0.39 is 0 Å². The summed E-state index contributed by atoms with van der Waals surface area (Å²) in [6.45, 7) is 13.5. The molecule has 0 atom stereocenters. The number of carbonyl (C=O) groups excluding carboxylic acids is 3. The smallest absolute Gasteiger partial charge is 0.193 e. The minimum absolute atomic E-state index is 0.233. The van der Waals surface area contributed by atoms with Crippen LogP contribution < -0.4 is 14.7 Å². The fraction of sp³-hybridized carbons (Fsp3) is 0.125. The van der Waals surface area contributed by atoms with Crippen LogP contribution in [0.25, 0.3) is 0 Å². The number of para-hydroxylation sites is 6. The molecule has 0 N–H and O–H groups in total. The lowest BCUT2D eigenvalue weighted by molar-refractivity contribution is 0.103. The summed E-state index contributed by atoms with van der Waals surface area (Å²) >= 11 is 0. The Balaban J connectivity index is 0.927. The Morgan fingerprint density at radius 1 is 0.244 bits per heavy atom. The predicted octanol–water partition coefficient (Wildman–Crippen LogP) is 17.7. The first-order valence-corrected chi connectivity index (χ1v) is 26.8. The van der Waals surface area contributed by atoms with Crippen LogP contribution in [0.5, 0.6) is 0 Å². The van der Waals surface area contributed by atoms with Gasteiger partial charge in [0.15, 0.2) is 17.3 Å². The zero-order chi connectivity index (χ0) is 53.7. The van der Waals surface area contributed by atoms with Crippen molar-refractivity contribution in [2.45, 2.75) is 57.8 Å². The van der Waals surface area contributed by atoms with Crippen LogP contribution in [0.1, 0.15) is 123 Å². The Kier molecular flexibility index (Phi) is 11.2. The third kappa shape index (κ3) is 7.57. The van der Waals surface area contributed by atoms with E-state index in [1.807, 2.05) is 109 Å². The third-order valence-corrected chi connectivity index (χ3v) is 16.7. The number of fused-ring (bicyclic) bond motifs is 6. The van der Waals surface area contributed by atoms with E-state index in [4.69, 9.17) is 0 Å². The third-order valence-electron chi connectivity index (χ3n) is 16.7. The largest absolute Gasteiger partial charge is 0.310 e. The van der Waals surface area contributed by atoms with Gasteiger partial charge in [0, 0.05) is 66.7 Å². The van der Waals surface area contributed by atoms with Gasteiger partial charge in [-0.3, -0.25) is 14.4 Å². The van der Waals surface area contributed by atoms with Gasteiger partial charge in [-0.1, -0.05) is 187 Å². The van der Waals surface area contributed by atoms with E-state index in [0.717, 1.165) is 51.2 Å². The lowest BCUT2D eigenvalue weighted by atomic mass is 9.73. The van der Waals surface area contributed by atoms with Crippen molar-refractivity contribution in [2.24, 2.45) is 0 Å². The molecule has 0 fully saturated rings. The molecule has 0 saturated heterocycles. The molecule has 0 amide bonds. The molecule has 378 valence electrons. The van der Waals surface area contributed by atoms with Crippen LogP contribution >= 0.6 is 0 Å². The highest BCUT2D eigenvalue weighted by atomic mass is 16.1. The Bertz CT molecular complexity index is 3540. The number of ketones is 3. The lowest BCUT2D eigenvalue weighted by Crippen LogP contribution is -2.30. The van der Waals surface area contributed by atoms with Gasteiger partial charge in [-0.15, -0.1) is 0 Å². The van der Waals surface area contributed by atoms with E-state index in [1.165, 1.54) is 33.4 Å². The average Bonchev–Trinajstić information content (AvgIpc) is 3.65. The molecule has 3 aliphatic heterocycles. The zero-order valence-electron chi connectivity index (χ0n) is 44.6. The number of anilines is 9. The molecular formula is C72H57N3O3. The molecule has 0 aromatic heterocycles. The van der Waals surface area contributed by atoms with Crippen molar-refractivity contribution in [1.29, 1.82) is 0 Å². The summed E-state index contributed by atoms with van der Waals surface area (Å²) in [6.07, 6.45) is 0. The van der Waals surface area contributed by atoms with Crippen LogP contribution in [-0.2, 0) is 16.2 Å². The van der Waals surface area contributed by atoms with Crippen LogP contribution in [0.3, 0.4) is 0 Å². The number of carbonyl (C=O) groups is 3. The summed E-state index contributed by atoms with van der Waals surface area (Å²) in [7, 11) is 0. The van der Waals surface area contributed by atoms with E-state index >= 15 is 14.4 Å². The predicted molar refractivity (Wildman–Crippen MR) is 316 cm³/mol. The first-order chi connectivity index (χ1) is 37.7. The SMILES string of the molecule is CC1(C)c2ccccc2N(c2cccc(C(=O)c3cc(C(=O)c4cccc(N5c6ccccc6C(C)(C)c6ccccc65)c4)cc(C(=O)c4cccc(N5c6ccccc6C(C)(C)c6ccccc65)c4)c3)c2)c2ccccc21. The maximum atomic E-state index is 15.3. The average molecular weight is 1010 g/mol. The minimum atomic E-state index is -0.310. The molecule has 0 saturated carbocycles. The molecule has 10 aromatic rings. The number of hydrogen-bond acceptors (Lipinski definition) is 6. The second kappa shape index (κ2) is 18.1. The summed E-state index contributed by atoms with van der Waals surface area (Å²) < 4.78 is 0. The second-order valence-corrected chi connectivity index (χ2v) is 22.4. The summed E-state index contributed by atoms with van der Waals surface area (Å²) in [5.74, 6) is -0.930. The van der Waals surface area contributed by atoms with E-state index in [1.54, 1.807) is 18.2 Å². The standard InChI is InChI=1S/C72H57N3O3/c1-70(2)55-28-7-13-34-61(55)73(62-35-14-8-29-56(62)70)52-25-19-22-46(43-52)67(76)49-40-50(68(77)47-23-20-26-53(44-47)74-63-36-15-9-30-57(63)71(3,4)58-31-10-16-37-64(58)74)42-51(41-49)69(78)48-24-21-27-54(45-48)75-65-38-17-11-32-59(65)72(5,6)60-33-12-18-39-66(60)75/h7-45H,1-6H3. The van der Waals surface area contributed by atoms with Crippen molar-refractivity contribution >= 4 is 68.5 Å². The minimum Gasteiger partial charge on any atom is -0.310 e. The summed E-state index contributed by atoms with van der Waals surface area (Å²) in [6, 6.07) is 78.5. The Hall–Kier alpha value is -9.39.